The molecule has 0 bridgehead atoms. The minimum Gasteiger partial charge on any atom is -0.497 e. The van der Waals surface area contributed by atoms with Gasteiger partial charge in [-0.15, -0.1) is 0 Å². The van der Waals surface area contributed by atoms with Crippen LogP contribution in [0.1, 0.15) is 31.2 Å². The molecule has 1 fully saturated rings. The van der Waals surface area contributed by atoms with Crippen molar-refractivity contribution >= 4 is 16.7 Å². The molecule has 2 N–H and O–H groups in total. The van der Waals surface area contributed by atoms with Crippen LogP contribution in [0.25, 0.3) is 10.8 Å². The highest BCUT2D eigenvalue weighted by molar-refractivity contribution is 5.91. The Balaban J connectivity index is 1.82. The van der Waals surface area contributed by atoms with Crippen LogP contribution in [0.2, 0.25) is 0 Å². The molecule has 122 valence electrons. The van der Waals surface area contributed by atoms with E-state index in [1.165, 1.54) is 0 Å². The number of carbonyl (C=O) groups is 1. The molecule has 23 heavy (non-hydrogen) atoms. The fraction of sp³-hybridized carbons (Fsp3) is 0.421. The molecule has 2 aromatic carbocycles. The Labute approximate surface area is 136 Å². The van der Waals surface area contributed by atoms with E-state index < -0.39 is 5.54 Å². The Kier molecular flexibility index (Phi) is 4.53. The number of rotatable bonds is 5. The zero-order valence-corrected chi connectivity index (χ0v) is 13.5. The van der Waals surface area contributed by atoms with Crippen molar-refractivity contribution in [3.63, 3.8) is 0 Å². The van der Waals surface area contributed by atoms with Gasteiger partial charge in [-0.2, -0.15) is 0 Å². The van der Waals surface area contributed by atoms with E-state index in [0.29, 0.717) is 6.42 Å². The summed E-state index contributed by atoms with van der Waals surface area (Å²) in [6.07, 6.45) is 4.15. The van der Waals surface area contributed by atoms with Gasteiger partial charge in [0.2, 0.25) is 5.91 Å². The van der Waals surface area contributed by atoms with Gasteiger partial charge in [-0.1, -0.05) is 37.1 Å². The van der Waals surface area contributed by atoms with E-state index in [1.54, 1.807) is 7.11 Å². The summed E-state index contributed by atoms with van der Waals surface area (Å²) in [6, 6.07) is 11.9. The van der Waals surface area contributed by atoms with Crippen molar-refractivity contribution in [2.45, 2.75) is 37.6 Å². The third-order valence-corrected chi connectivity index (χ3v) is 4.80. The molecule has 1 aliphatic carbocycles. The Morgan fingerprint density at radius 3 is 2.74 bits per heavy atom. The maximum Gasteiger partial charge on any atom is 0.224 e. The molecular formula is C19H23NO3. The Hall–Kier alpha value is -2.07. The van der Waals surface area contributed by atoms with Crippen molar-refractivity contribution in [3.05, 3.63) is 42.0 Å². The number of aliphatic hydroxyl groups excluding tert-OH is 1. The minimum absolute atomic E-state index is 0.0160. The average molecular weight is 313 g/mol. The zero-order valence-electron chi connectivity index (χ0n) is 13.5. The lowest BCUT2D eigenvalue weighted by Crippen LogP contribution is -2.49. The van der Waals surface area contributed by atoms with Gasteiger partial charge in [-0.25, -0.2) is 0 Å². The van der Waals surface area contributed by atoms with E-state index in [9.17, 15) is 9.90 Å². The fourth-order valence-corrected chi connectivity index (χ4v) is 3.48. The van der Waals surface area contributed by atoms with Gasteiger partial charge in [0.1, 0.15) is 5.75 Å². The second-order valence-electron chi connectivity index (χ2n) is 6.37. The van der Waals surface area contributed by atoms with Crippen molar-refractivity contribution in [2.24, 2.45) is 0 Å². The molecule has 0 aromatic heterocycles. The van der Waals surface area contributed by atoms with E-state index in [2.05, 4.69) is 5.32 Å². The highest BCUT2D eigenvalue weighted by Crippen LogP contribution is 2.29. The number of aliphatic hydroxyl groups is 1. The number of methoxy groups -OCH3 is 1. The van der Waals surface area contributed by atoms with Gasteiger partial charge in [-0.3, -0.25) is 4.79 Å². The molecule has 0 heterocycles. The van der Waals surface area contributed by atoms with Crippen LogP contribution in [0, 0.1) is 0 Å². The molecule has 1 saturated carbocycles. The molecule has 1 aliphatic rings. The topological polar surface area (TPSA) is 58.6 Å². The van der Waals surface area contributed by atoms with Crippen molar-refractivity contribution in [1.29, 1.82) is 0 Å². The smallest absolute Gasteiger partial charge is 0.224 e. The second-order valence-corrected chi connectivity index (χ2v) is 6.37. The van der Waals surface area contributed by atoms with Crippen LogP contribution < -0.4 is 10.1 Å². The maximum atomic E-state index is 12.5. The number of amides is 1. The molecule has 0 aliphatic heterocycles. The molecule has 0 spiro atoms. The number of hydrogen-bond donors (Lipinski definition) is 2. The predicted molar refractivity (Wildman–Crippen MR) is 90.6 cm³/mol. The summed E-state index contributed by atoms with van der Waals surface area (Å²) >= 11 is 0. The minimum atomic E-state index is -0.417. The van der Waals surface area contributed by atoms with Gasteiger partial charge in [0.05, 0.1) is 25.7 Å². The van der Waals surface area contributed by atoms with Gasteiger partial charge in [0.15, 0.2) is 0 Å². The monoisotopic (exact) mass is 313 g/mol. The molecule has 0 radical (unpaired) electrons. The Morgan fingerprint density at radius 1 is 1.26 bits per heavy atom. The molecular weight excluding hydrogens is 290 g/mol. The van der Waals surface area contributed by atoms with Crippen LogP contribution in [-0.2, 0) is 11.2 Å². The van der Waals surface area contributed by atoms with Crippen molar-refractivity contribution in [3.8, 4) is 5.75 Å². The number of hydrogen-bond acceptors (Lipinski definition) is 3. The molecule has 3 rings (SSSR count). The Bertz CT molecular complexity index is 705. The van der Waals surface area contributed by atoms with E-state index >= 15 is 0 Å². The van der Waals surface area contributed by atoms with Crippen molar-refractivity contribution in [1.82, 2.24) is 5.32 Å². The quantitative estimate of drug-likeness (QED) is 0.892. The van der Waals surface area contributed by atoms with Gasteiger partial charge in [-0.05, 0) is 41.3 Å². The highest BCUT2D eigenvalue weighted by atomic mass is 16.5. The zero-order chi connectivity index (χ0) is 16.3. The third kappa shape index (κ3) is 3.32. The van der Waals surface area contributed by atoms with Crippen LogP contribution in [0.15, 0.2) is 36.4 Å². The molecule has 0 unspecified atom stereocenters. The lowest BCUT2D eigenvalue weighted by atomic mass is 9.97. The lowest BCUT2D eigenvalue weighted by molar-refractivity contribution is -0.122. The molecule has 2 aromatic rings. The van der Waals surface area contributed by atoms with Crippen LogP contribution >= 0.6 is 0 Å². The fourth-order valence-electron chi connectivity index (χ4n) is 3.48. The predicted octanol–water partition coefficient (Wildman–Crippen LogP) is 2.81. The van der Waals surface area contributed by atoms with Gasteiger partial charge in [0.25, 0.3) is 0 Å². The number of benzene rings is 2. The molecule has 4 heteroatoms. The molecule has 0 atom stereocenters. The number of nitrogens with one attached hydrogen (secondary N) is 1. The number of carbonyl (C=O) groups excluding carboxylic acids is 1. The standard InChI is InChI=1S/C19H23NO3/c1-23-16-8-7-14-5-4-6-15(17(14)12-16)11-18(22)20-19(13-21)9-2-3-10-19/h4-8,12,21H,2-3,9-11,13H2,1H3,(H,20,22). The summed E-state index contributed by atoms with van der Waals surface area (Å²) in [5.74, 6) is 0.754. The summed E-state index contributed by atoms with van der Waals surface area (Å²) in [4.78, 5) is 12.5. The van der Waals surface area contributed by atoms with Gasteiger partial charge < -0.3 is 15.2 Å². The largest absolute Gasteiger partial charge is 0.497 e. The first-order valence-corrected chi connectivity index (χ1v) is 8.13. The van der Waals surface area contributed by atoms with Gasteiger partial charge in [0, 0.05) is 0 Å². The summed E-state index contributed by atoms with van der Waals surface area (Å²) in [7, 11) is 1.64. The first-order chi connectivity index (χ1) is 11.2. The summed E-state index contributed by atoms with van der Waals surface area (Å²) in [5.41, 5.74) is 0.560. The normalized spacial score (nSPS) is 16.4. The highest BCUT2D eigenvalue weighted by Gasteiger charge is 2.34. The first-order valence-electron chi connectivity index (χ1n) is 8.13. The molecule has 1 amide bonds. The lowest BCUT2D eigenvalue weighted by Gasteiger charge is -2.28. The van der Waals surface area contributed by atoms with Crippen LogP contribution in [0.3, 0.4) is 0 Å². The molecule has 4 nitrogen and oxygen atoms in total. The van der Waals surface area contributed by atoms with Gasteiger partial charge >= 0.3 is 0 Å². The number of fused-ring (bicyclic) bond motifs is 1. The van der Waals surface area contributed by atoms with E-state index in [0.717, 1.165) is 47.8 Å². The third-order valence-electron chi connectivity index (χ3n) is 4.80. The average Bonchev–Trinajstić information content (AvgIpc) is 3.03. The van der Waals surface area contributed by atoms with Crippen LogP contribution in [-0.4, -0.2) is 30.3 Å². The van der Waals surface area contributed by atoms with E-state index in [-0.39, 0.29) is 12.5 Å². The van der Waals surface area contributed by atoms with Crippen molar-refractivity contribution < 1.29 is 14.6 Å². The van der Waals surface area contributed by atoms with Crippen LogP contribution in [0.5, 0.6) is 5.75 Å². The molecule has 0 saturated heterocycles. The number of ether oxygens (including phenoxy) is 1. The summed E-state index contributed by atoms with van der Waals surface area (Å²) in [6.45, 7) is 0.0160. The van der Waals surface area contributed by atoms with Crippen molar-refractivity contribution in [2.75, 3.05) is 13.7 Å². The summed E-state index contributed by atoms with van der Waals surface area (Å²) < 4.78 is 5.29. The second kappa shape index (κ2) is 6.59. The summed E-state index contributed by atoms with van der Waals surface area (Å²) in [5, 5.41) is 14.8. The Morgan fingerprint density at radius 2 is 2.04 bits per heavy atom. The van der Waals surface area contributed by atoms with E-state index in [4.69, 9.17) is 4.74 Å². The van der Waals surface area contributed by atoms with Crippen LogP contribution in [0.4, 0.5) is 0 Å². The first kappa shape index (κ1) is 15.8. The van der Waals surface area contributed by atoms with E-state index in [1.807, 2.05) is 36.4 Å². The maximum absolute atomic E-state index is 12.5. The SMILES string of the molecule is COc1ccc2cccc(CC(=O)NC3(CO)CCCC3)c2c1.